The average Bonchev–Trinajstić information content (AvgIpc) is 2.46. The van der Waals surface area contributed by atoms with Gasteiger partial charge in [-0.15, -0.1) is 0 Å². The number of ketones is 1. The Morgan fingerprint density at radius 1 is 1.22 bits per heavy atom. The summed E-state index contributed by atoms with van der Waals surface area (Å²) in [6.45, 7) is 2.01. The van der Waals surface area contributed by atoms with Crippen molar-refractivity contribution in [3.8, 4) is 5.75 Å². The number of carbonyl (C=O) groups is 1. The van der Waals surface area contributed by atoms with Gasteiger partial charge in [0.1, 0.15) is 5.75 Å². The molecule has 0 fully saturated rings. The molecular formula is C15H15NO2. The van der Waals surface area contributed by atoms with Crippen LogP contribution in [0.15, 0.2) is 42.7 Å². The monoisotopic (exact) mass is 241 g/mol. The fourth-order valence-corrected chi connectivity index (χ4v) is 1.91. The smallest absolute Gasteiger partial charge is 0.197 e. The normalized spacial score (nSPS) is 10.1. The number of methoxy groups -OCH3 is 1. The number of hydrogen-bond donors (Lipinski definition) is 0. The predicted molar refractivity (Wildman–Crippen MR) is 70.0 cm³/mol. The molecule has 0 unspecified atom stereocenters. The van der Waals surface area contributed by atoms with Gasteiger partial charge in [0.2, 0.25) is 0 Å². The minimum absolute atomic E-state index is 0.0216. The summed E-state index contributed by atoms with van der Waals surface area (Å²) in [6.07, 6.45) is 4.16. The standard InChI is InChI=1S/C15H15NO2/c1-3-11-10-16-9-8-12(11)15(17)13-6-4-5-7-14(13)18-2/h4-10H,3H2,1-2H3. The Bertz CT molecular complexity index is 514. The van der Waals surface area contributed by atoms with Crippen molar-refractivity contribution >= 4 is 5.78 Å². The zero-order valence-corrected chi connectivity index (χ0v) is 10.5. The van der Waals surface area contributed by atoms with E-state index in [-0.39, 0.29) is 5.78 Å². The summed E-state index contributed by atoms with van der Waals surface area (Å²) in [5.41, 5.74) is 2.23. The van der Waals surface area contributed by atoms with Crippen molar-refractivity contribution in [2.75, 3.05) is 7.11 Å². The first-order chi connectivity index (χ1) is 8.77. The first kappa shape index (κ1) is 12.3. The lowest BCUT2D eigenvalue weighted by Gasteiger charge is -2.09. The van der Waals surface area contributed by atoms with Crippen LogP contribution in [-0.4, -0.2) is 17.9 Å². The number of para-hydroxylation sites is 1. The topological polar surface area (TPSA) is 39.2 Å². The molecule has 3 nitrogen and oxygen atoms in total. The van der Waals surface area contributed by atoms with Crippen molar-refractivity contribution in [2.24, 2.45) is 0 Å². The largest absolute Gasteiger partial charge is 0.496 e. The maximum absolute atomic E-state index is 12.5. The molecule has 3 heteroatoms. The summed E-state index contributed by atoms with van der Waals surface area (Å²) in [5.74, 6) is 0.577. The number of benzene rings is 1. The van der Waals surface area contributed by atoms with Gasteiger partial charge in [-0.2, -0.15) is 0 Å². The first-order valence-electron chi connectivity index (χ1n) is 5.88. The maximum Gasteiger partial charge on any atom is 0.197 e. The molecule has 0 spiro atoms. The molecule has 92 valence electrons. The zero-order chi connectivity index (χ0) is 13.0. The quantitative estimate of drug-likeness (QED) is 0.773. The van der Waals surface area contributed by atoms with Gasteiger partial charge in [0.25, 0.3) is 0 Å². The molecule has 0 aliphatic rings. The second kappa shape index (κ2) is 5.45. The van der Waals surface area contributed by atoms with Crippen LogP contribution in [0.1, 0.15) is 28.4 Å². The van der Waals surface area contributed by atoms with Crippen molar-refractivity contribution < 1.29 is 9.53 Å². The van der Waals surface area contributed by atoms with Gasteiger partial charge in [0.05, 0.1) is 12.7 Å². The number of rotatable bonds is 4. The highest BCUT2D eigenvalue weighted by molar-refractivity contribution is 6.11. The summed E-state index contributed by atoms with van der Waals surface area (Å²) in [4.78, 5) is 16.5. The molecule has 0 aliphatic heterocycles. The third-order valence-corrected chi connectivity index (χ3v) is 2.88. The highest BCUT2D eigenvalue weighted by Crippen LogP contribution is 2.22. The Morgan fingerprint density at radius 3 is 2.72 bits per heavy atom. The molecule has 0 bridgehead atoms. The molecule has 0 radical (unpaired) electrons. The number of pyridine rings is 1. The van der Waals surface area contributed by atoms with E-state index in [0.29, 0.717) is 16.9 Å². The van der Waals surface area contributed by atoms with Crippen molar-refractivity contribution in [1.29, 1.82) is 0 Å². The van der Waals surface area contributed by atoms with Gasteiger partial charge in [-0.1, -0.05) is 19.1 Å². The van der Waals surface area contributed by atoms with Crippen LogP contribution in [0.3, 0.4) is 0 Å². The SMILES string of the molecule is CCc1cnccc1C(=O)c1ccccc1OC. The van der Waals surface area contributed by atoms with Crippen LogP contribution >= 0.6 is 0 Å². The Balaban J connectivity index is 2.48. The Hall–Kier alpha value is -2.16. The van der Waals surface area contributed by atoms with Gasteiger partial charge in [0.15, 0.2) is 5.78 Å². The van der Waals surface area contributed by atoms with E-state index in [4.69, 9.17) is 4.74 Å². The Morgan fingerprint density at radius 2 is 2.00 bits per heavy atom. The lowest BCUT2D eigenvalue weighted by molar-refractivity contribution is 0.103. The number of hydrogen-bond acceptors (Lipinski definition) is 3. The summed E-state index contributed by atoms with van der Waals surface area (Å²) in [7, 11) is 1.57. The molecular weight excluding hydrogens is 226 g/mol. The molecule has 1 aromatic carbocycles. The minimum Gasteiger partial charge on any atom is -0.496 e. The van der Waals surface area contributed by atoms with Crippen LogP contribution in [0.25, 0.3) is 0 Å². The van der Waals surface area contributed by atoms with Crippen molar-refractivity contribution in [1.82, 2.24) is 4.98 Å². The second-order valence-electron chi connectivity index (χ2n) is 3.92. The van der Waals surface area contributed by atoms with Crippen molar-refractivity contribution in [3.05, 3.63) is 59.4 Å². The fourth-order valence-electron chi connectivity index (χ4n) is 1.91. The van der Waals surface area contributed by atoms with Gasteiger partial charge in [0, 0.05) is 18.0 Å². The Kier molecular flexibility index (Phi) is 3.72. The van der Waals surface area contributed by atoms with E-state index >= 15 is 0 Å². The maximum atomic E-state index is 12.5. The number of aryl methyl sites for hydroxylation is 1. The molecule has 2 rings (SSSR count). The van der Waals surface area contributed by atoms with Gasteiger partial charge in [-0.25, -0.2) is 0 Å². The van der Waals surface area contributed by atoms with Gasteiger partial charge in [-0.3, -0.25) is 9.78 Å². The van der Waals surface area contributed by atoms with E-state index in [0.717, 1.165) is 12.0 Å². The number of nitrogens with zero attached hydrogens (tertiary/aromatic N) is 1. The number of carbonyl (C=O) groups excluding carboxylic acids is 1. The lowest BCUT2D eigenvalue weighted by Crippen LogP contribution is -2.07. The second-order valence-corrected chi connectivity index (χ2v) is 3.92. The average molecular weight is 241 g/mol. The van der Waals surface area contributed by atoms with Crippen LogP contribution in [0.5, 0.6) is 5.75 Å². The van der Waals surface area contributed by atoms with Crippen molar-refractivity contribution in [3.63, 3.8) is 0 Å². The fraction of sp³-hybridized carbons (Fsp3) is 0.200. The molecule has 18 heavy (non-hydrogen) atoms. The van der Waals surface area contributed by atoms with E-state index in [1.54, 1.807) is 37.7 Å². The number of aromatic nitrogens is 1. The summed E-state index contributed by atoms with van der Waals surface area (Å²) in [5, 5.41) is 0. The van der Waals surface area contributed by atoms with Crippen molar-refractivity contribution in [2.45, 2.75) is 13.3 Å². The Labute approximate surface area is 106 Å². The zero-order valence-electron chi connectivity index (χ0n) is 10.5. The highest BCUT2D eigenvalue weighted by atomic mass is 16.5. The molecule has 1 aromatic heterocycles. The van der Waals surface area contributed by atoms with E-state index in [1.165, 1.54) is 0 Å². The molecule has 0 aliphatic carbocycles. The molecule has 0 saturated carbocycles. The van der Waals surface area contributed by atoms with Crippen LogP contribution < -0.4 is 4.74 Å². The third-order valence-electron chi connectivity index (χ3n) is 2.88. The van der Waals surface area contributed by atoms with Gasteiger partial charge in [-0.05, 0) is 30.2 Å². The van der Waals surface area contributed by atoms with Crippen LogP contribution in [0, 0.1) is 0 Å². The van der Waals surface area contributed by atoms with E-state index in [1.807, 2.05) is 19.1 Å². The first-order valence-corrected chi connectivity index (χ1v) is 5.88. The molecule has 2 aromatic rings. The van der Waals surface area contributed by atoms with E-state index in [9.17, 15) is 4.79 Å². The van der Waals surface area contributed by atoms with Crippen LogP contribution in [-0.2, 0) is 6.42 Å². The molecule has 0 N–H and O–H groups in total. The lowest BCUT2D eigenvalue weighted by atomic mass is 9.98. The molecule has 1 heterocycles. The summed E-state index contributed by atoms with van der Waals surface area (Å²) >= 11 is 0. The summed E-state index contributed by atoms with van der Waals surface area (Å²) in [6, 6.07) is 9.01. The van der Waals surface area contributed by atoms with Crippen LogP contribution in [0.4, 0.5) is 0 Å². The van der Waals surface area contributed by atoms with Crippen LogP contribution in [0.2, 0.25) is 0 Å². The number of ether oxygens (including phenoxy) is 1. The summed E-state index contributed by atoms with van der Waals surface area (Å²) < 4.78 is 5.23. The van der Waals surface area contributed by atoms with Gasteiger partial charge < -0.3 is 4.74 Å². The third kappa shape index (κ3) is 2.25. The minimum atomic E-state index is -0.0216. The molecule has 0 atom stereocenters. The molecule has 0 saturated heterocycles. The predicted octanol–water partition coefficient (Wildman–Crippen LogP) is 2.88. The van der Waals surface area contributed by atoms with E-state index < -0.39 is 0 Å². The highest BCUT2D eigenvalue weighted by Gasteiger charge is 2.16. The molecule has 0 amide bonds. The van der Waals surface area contributed by atoms with E-state index in [2.05, 4.69) is 4.98 Å². The van der Waals surface area contributed by atoms with Gasteiger partial charge >= 0.3 is 0 Å².